The van der Waals surface area contributed by atoms with Crippen LogP contribution in [0.1, 0.15) is 21.5 Å². The highest BCUT2D eigenvalue weighted by Gasteiger charge is 2.24. The summed E-state index contributed by atoms with van der Waals surface area (Å²) in [5.74, 6) is 0.737. The molecule has 1 fully saturated rings. The van der Waals surface area contributed by atoms with Crippen LogP contribution < -0.4 is 9.46 Å². The quantitative estimate of drug-likeness (QED) is 0.388. The first kappa shape index (κ1) is 25.6. The van der Waals surface area contributed by atoms with Crippen LogP contribution in [-0.2, 0) is 16.6 Å². The highest BCUT2D eigenvalue weighted by Crippen LogP contribution is 2.26. The van der Waals surface area contributed by atoms with Crippen LogP contribution in [0.25, 0.3) is 10.9 Å². The van der Waals surface area contributed by atoms with Gasteiger partial charge in [0.1, 0.15) is 10.6 Å². The first-order valence-corrected chi connectivity index (χ1v) is 13.8. The van der Waals surface area contributed by atoms with Crippen molar-refractivity contribution in [2.24, 2.45) is 0 Å². The second-order valence-electron chi connectivity index (χ2n) is 9.22. The molecule has 1 aliphatic heterocycles. The minimum absolute atomic E-state index is 0.0700. The van der Waals surface area contributed by atoms with Crippen LogP contribution in [0, 0.1) is 6.92 Å². The van der Waals surface area contributed by atoms with Crippen molar-refractivity contribution in [2.45, 2.75) is 18.4 Å². The number of amides is 1. The number of carbonyl (C=O) groups excluding carboxylic acids is 1. The van der Waals surface area contributed by atoms with Gasteiger partial charge in [0.15, 0.2) is 0 Å². The molecular weight excluding hydrogens is 502 g/mol. The zero-order valence-corrected chi connectivity index (χ0v) is 22.1. The normalized spacial score (nSPS) is 14.4. The average Bonchev–Trinajstić information content (AvgIpc) is 2.94. The van der Waals surface area contributed by atoms with Crippen molar-refractivity contribution in [3.8, 4) is 5.75 Å². The molecule has 38 heavy (non-hydrogen) atoms. The van der Waals surface area contributed by atoms with E-state index in [-0.39, 0.29) is 10.8 Å². The number of fused-ring (bicyclic) bond motifs is 1. The van der Waals surface area contributed by atoms with Crippen molar-refractivity contribution in [1.82, 2.24) is 19.8 Å². The maximum Gasteiger partial charge on any atom is 0.264 e. The summed E-state index contributed by atoms with van der Waals surface area (Å²) in [5.41, 5.74) is 3.04. The molecule has 0 unspecified atom stereocenters. The van der Waals surface area contributed by atoms with Crippen LogP contribution in [0.5, 0.6) is 5.75 Å². The summed E-state index contributed by atoms with van der Waals surface area (Å²) < 4.78 is 34.5. The molecular formula is C28H29N5O4S. The van der Waals surface area contributed by atoms with Gasteiger partial charge in [0.2, 0.25) is 0 Å². The fraction of sp³-hybridized carbons (Fsp3) is 0.250. The lowest BCUT2D eigenvalue weighted by Gasteiger charge is -2.35. The van der Waals surface area contributed by atoms with Gasteiger partial charge in [-0.25, -0.2) is 8.42 Å². The fourth-order valence-electron chi connectivity index (χ4n) is 4.67. The molecule has 5 rings (SSSR count). The Kier molecular flexibility index (Phi) is 7.26. The van der Waals surface area contributed by atoms with E-state index in [9.17, 15) is 13.2 Å². The smallest absolute Gasteiger partial charge is 0.264 e. The Labute approximate surface area is 222 Å². The van der Waals surface area contributed by atoms with E-state index in [1.807, 2.05) is 29.3 Å². The zero-order chi connectivity index (χ0) is 26.7. The molecule has 2 aromatic carbocycles. The molecule has 1 N–H and O–H groups in total. The summed E-state index contributed by atoms with van der Waals surface area (Å²) in [5, 5.41) is 0.743. The number of anilines is 1. The standard InChI is InChI=1S/C28H29N5O4S/c1-20-17-22(28(34)33-15-13-32(14-16-33)19-23-18-29-12-10-25(23)37-2)8-9-24(20)31-38(35,36)26-7-3-5-21-6-4-11-30-27(21)26/h3-12,17-18,31H,13-16,19H2,1-2H3. The molecule has 3 heterocycles. The number of ether oxygens (including phenoxy) is 1. The number of nitrogens with zero attached hydrogens (tertiary/aromatic N) is 4. The number of para-hydroxylation sites is 1. The fourth-order valence-corrected chi connectivity index (χ4v) is 5.98. The third kappa shape index (κ3) is 5.32. The Bertz CT molecular complexity index is 1580. The van der Waals surface area contributed by atoms with E-state index < -0.39 is 10.0 Å². The molecule has 10 heteroatoms. The number of pyridine rings is 2. The van der Waals surface area contributed by atoms with E-state index in [1.165, 1.54) is 6.07 Å². The van der Waals surface area contributed by atoms with Gasteiger partial charge >= 0.3 is 0 Å². The predicted molar refractivity (Wildman–Crippen MR) is 146 cm³/mol. The molecule has 196 valence electrons. The van der Waals surface area contributed by atoms with Gasteiger partial charge in [0.05, 0.1) is 18.3 Å². The lowest BCUT2D eigenvalue weighted by atomic mass is 10.1. The largest absolute Gasteiger partial charge is 0.496 e. The highest BCUT2D eigenvalue weighted by atomic mass is 32.2. The molecule has 0 spiro atoms. The highest BCUT2D eigenvalue weighted by molar-refractivity contribution is 7.93. The van der Waals surface area contributed by atoms with Crippen molar-refractivity contribution >= 4 is 32.5 Å². The number of methoxy groups -OCH3 is 1. The summed E-state index contributed by atoms with van der Waals surface area (Å²) in [6.45, 7) is 5.17. The molecule has 1 aliphatic rings. The van der Waals surface area contributed by atoms with Crippen molar-refractivity contribution in [3.05, 3.63) is 89.9 Å². The molecule has 2 aromatic heterocycles. The molecule has 9 nitrogen and oxygen atoms in total. The van der Waals surface area contributed by atoms with Gasteiger partial charge in [0.25, 0.3) is 15.9 Å². The molecule has 0 bridgehead atoms. The number of benzene rings is 2. The number of sulfonamides is 1. The topological polar surface area (TPSA) is 105 Å². The number of piperazine rings is 1. The van der Waals surface area contributed by atoms with E-state index in [0.717, 1.165) is 29.8 Å². The van der Waals surface area contributed by atoms with E-state index >= 15 is 0 Å². The number of hydrogen-bond donors (Lipinski definition) is 1. The van der Waals surface area contributed by atoms with Crippen molar-refractivity contribution < 1.29 is 17.9 Å². The van der Waals surface area contributed by atoms with Crippen LogP contribution in [0.4, 0.5) is 5.69 Å². The molecule has 4 aromatic rings. The maximum atomic E-state index is 13.2. The Balaban J connectivity index is 1.25. The van der Waals surface area contributed by atoms with Gasteiger partial charge in [-0.15, -0.1) is 0 Å². The summed E-state index contributed by atoms with van der Waals surface area (Å²) in [7, 11) is -2.23. The van der Waals surface area contributed by atoms with Gasteiger partial charge in [0, 0.05) is 67.8 Å². The van der Waals surface area contributed by atoms with E-state index in [4.69, 9.17) is 4.74 Å². The van der Waals surface area contributed by atoms with Crippen molar-refractivity contribution in [1.29, 1.82) is 0 Å². The summed E-state index contributed by atoms with van der Waals surface area (Å²) in [6, 6.07) is 15.5. The Hall–Kier alpha value is -4.02. The maximum absolute atomic E-state index is 13.2. The molecule has 0 atom stereocenters. The van der Waals surface area contributed by atoms with Gasteiger partial charge < -0.3 is 9.64 Å². The van der Waals surface area contributed by atoms with E-state index in [0.29, 0.717) is 42.0 Å². The number of nitrogens with one attached hydrogen (secondary N) is 1. The summed E-state index contributed by atoms with van der Waals surface area (Å²) in [4.78, 5) is 25.9. The van der Waals surface area contributed by atoms with Crippen molar-refractivity contribution in [2.75, 3.05) is 38.0 Å². The number of hydrogen-bond acceptors (Lipinski definition) is 7. The molecule has 0 saturated carbocycles. The van der Waals surface area contributed by atoms with Gasteiger partial charge in [-0.05, 0) is 48.9 Å². The zero-order valence-electron chi connectivity index (χ0n) is 21.3. The number of aromatic nitrogens is 2. The van der Waals surface area contributed by atoms with Gasteiger partial charge in [-0.3, -0.25) is 24.4 Å². The lowest BCUT2D eigenvalue weighted by Crippen LogP contribution is -2.48. The van der Waals surface area contributed by atoms with Crippen molar-refractivity contribution in [3.63, 3.8) is 0 Å². The van der Waals surface area contributed by atoms with Gasteiger partial charge in [-0.1, -0.05) is 18.2 Å². The number of carbonyl (C=O) groups is 1. The van der Waals surface area contributed by atoms with E-state index in [1.54, 1.807) is 56.8 Å². The van der Waals surface area contributed by atoms with Crippen LogP contribution in [0.2, 0.25) is 0 Å². The summed E-state index contributed by atoms with van der Waals surface area (Å²) >= 11 is 0. The Morgan fingerprint density at radius 3 is 2.58 bits per heavy atom. The molecule has 1 amide bonds. The third-order valence-corrected chi connectivity index (χ3v) is 8.13. The lowest BCUT2D eigenvalue weighted by molar-refractivity contribution is 0.0627. The van der Waals surface area contributed by atoms with Crippen LogP contribution >= 0.6 is 0 Å². The van der Waals surface area contributed by atoms with Crippen LogP contribution in [-0.4, -0.2) is 67.4 Å². The second-order valence-corrected chi connectivity index (χ2v) is 10.9. The molecule has 1 saturated heterocycles. The number of aryl methyl sites for hydroxylation is 1. The second kappa shape index (κ2) is 10.8. The molecule has 0 radical (unpaired) electrons. The minimum Gasteiger partial charge on any atom is -0.496 e. The molecule has 0 aliphatic carbocycles. The number of rotatable bonds is 7. The first-order chi connectivity index (χ1) is 18.4. The Morgan fingerprint density at radius 2 is 1.82 bits per heavy atom. The third-order valence-electron chi connectivity index (χ3n) is 6.74. The first-order valence-electron chi connectivity index (χ1n) is 12.3. The predicted octanol–water partition coefficient (Wildman–Crippen LogP) is 3.71. The van der Waals surface area contributed by atoms with Gasteiger partial charge in [-0.2, -0.15) is 0 Å². The summed E-state index contributed by atoms with van der Waals surface area (Å²) in [6.07, 6.45) is 5.09. The minimum atomic E-state index is -3.88. The Morgan fingerprint density at radius 1 is 1.03 bits per heavy atom. The SMILES string of the molecule is COc1ccncc1CN1CCN(C(=O)c2ccc(NS(=O)(=O)c3cccc4cccnc34)c(C)c2)CC1. The van der Waals surface area contributed by atoms with Crippen LogP contribution in [0.15, 0.2) is 78.1 Å². The monoisotopic (exact) mass is 531 g/mol. The average molecular weight is 532 g/mol. The van der Waals surface area contributed by atoms with Crippen LogP contribution in [0.3, 0.4) is 0 Å². The van der Waals surface area contributed by atoms with E-state index in [2.05, 4.69) is 19.6 Å².